The van der Waals surface area contributed by atoms with Gasteiger partial charge in [-0.2, -0.15) is 0 Å². The van der Waals surface area contributed by atoms with Gasteiger partial charge in [0.15, 0.2) is 0 Å². The molecule has 4 nitrogen and oxygen atoms in total. The number of nitrogens with one attached hydrogen (secondary N) is 2. The minimum atomic E-state index is -0.105. The molecule has 0 saturated carbocycles. The molecule has 0 aliphatic heterocycles. The zero-order valence-electron chi connectivity index (χ0n) is 18.3. The van der Waals surface area contributed by atoms with Gasteiger partial charge >= 0.3 is 0 Å². The maximum absolute atomic E-state index is 12.8. The molecule has 1 atom stereocenters. The van der Waals surface area contributed by atoms with Crippen LogP contribution in [0.25, 0.3) is 10.9 Å². The molecular formula is C27H27ClN2O2. The summed E-state index contributed by atoms with van der Waals surface area (Å²) in [5, 5.41) is 4.85. The van der Waals surface area contributed by atoms with Gasteiger partial charge in [-0.15, -0.1) is 0 Å². The second-order valence-corrected chi connectivity index (χ2v) is 8.81. The molecule has 0 aliphatic carbocycles. The molecule has 1 amide bonds. The van der Waals surface area contributed by atoms with Gasteiger partial charge in [0.05, 0.1) is 0 Å². The maximum atomic E-state index is 12.8. The minimum absolute atomic E-state index is 0.0398. The summed E-state index contributed by atoms with van der Waals surface area (Å²) in [5.41, 5.74) is 3.19. The number of ether oxygens (including phenoxy) is 1. The highest BCUT2D eigenvalue weighted by atomic mass is 35.5. The first-order chi connectivity index (χ1) is 15.5. The summed E-state index contributed by atoms with van der Waals surface area (Å²) in [5.74, 6) is 1.77. The van der Waals surface area contributed by atoms with Gasteiger partial charge in [0.1, 0.15) is 11.5 Å². The SMILES string of the molecule is CC(C)CNC(=O)C[C@@H](c1cccc(Oc2ccc(Cl)cc2)c1)c1c[nH]c2ccccc12. The number of fused-ring (bicyclic) bond motifs is 1. The molecule has 4 rings (SSSR count). The van der Waals surface area contributed by atoms with Gasteiger partial charge in [0.25, 0.3) is 0 Å². The van der Waals surface area contributed by atoms with Gasteiger partial charge in [0, 0.05) is 41.0 Å². The summed E-state index contributed by atoms with van der Waals surface area (Å²) in [7, 11) is 0. The van der Waals surface area contributed by atoms with Gasteiger partial charge in [0.2, 0.25) is 5.91 Å². The lowest BCUT2D eigenvalue weighted by Crippen LogP contribution is -2.28. The topological polar surface area (TPSA) is 54.1 Å². The normalized spacial score (nSPS) is 12.1. The largest absolute Gasteiger partial charge is 0.457 e. The number of amides is 1. The van der Waals surface area contributed by atoms with Gasteiger partial charge in [-0.05, 0) is 59.5 Å². The second-order valence-electron chi connectivity index (χ2n) is 8.37. The number of carbonyl (C=O) groups is 1. The zero-order valence-corrected chi connectivity index (χ0v) is 19.0. The number of aromatic nitrogens is 1. The molecule has 0 radical (unpaired) electrons. The number of benzene rings is 3. The third kappa shape index (κ3) is 5.32. The van der Waals surface area contributed by atoms with Gasteiger partial charge < -0.3 is 15.0 Å². The highest BCUT2D eigenvalue weighted by molar-refractivity contribution is 6.30. The molecule has 0 aliphatic rings. The van der Waals surface area contributed by atoms with E-state index in [2.05, 4.69) is 42.3 Å². The molecule has 32 heavy (non-hydrogen) atoms. The number of rotatable bonds is 8. The summed E-state index contributed by atoms with van der Waals surface area (Å²) in [6.45, 7) is 4.85. The average Bonchev–Trinajstić information content (AvgIpc) is 3.22. The first-order valence-corrected chi connectivity index (χ1v) is 11.2. The lowest BCUT2D eigenvalue weighted by Gasteiger charge is -2.19. The minimum Gasteiger partial charge on any atom is -0.457 e. The van der Waals surface area contributed by atoms with Crippen molar-refractivity contribution in [2.24, 2.45) is 5.92 Å². The van der Waals surface area contributed by atoms with Crippen LogP contribution in [0.5, 0.6) is 11.5 Å². The smallest absolute Gasteiger partial charge is 0.220 e. The van der Waals surface area contributed by atoms with Crippen molar-refractivity contribution in [2.45, 2.75) is 26.2 Å². The second kappa shape index (κ2) is 9.92. The molecule has 0 spiro atoms. The van der Waals surface area contributed by atoms with E-state index in [1.54, 1.807) is 12.1 Å². The summed E-state index contributed by atoms with van der Waals surface area (Å²) < 4.78 is 6.05. The molecule has 3 aromatic carbocycles. The molecule has 4 aromatic rings. The molecule has 0 unspecified atom stereocenters. The van der Waals surface area contributed by atoms with Crippen molar-refractivity contribution in [3.63, 3.8) is 0 Å². The highest BCUT2D eigenvalue weighted by Crippen LogP contribution is 2.35. The summed E-state index contributed by atoms with van der Waals surface area (Å²) >= 11 is 5.98. The van der Waals surface area contributed by atoms with Gasteiger partial charge in [-0.3, -0.25) is 4.79 Å². The van der Waals surface area contributed by atoms with Crippen LogP contribution < -0.4 is 10.1 Å². The van der Waals surface area contributed by atoms with Crippen LogP contribution in [0.2, 0.25) is 5.02 Å². The van der Waals surface area contributed by atoms with E-state index in [-0.39, 0.29) is 11.8 Å². The van der Waals surface area contributed by atoms with E-state index < -0.39 is 0 Å². The molecule has 5 heteroatoms. The summed E-state index contributed by atoms with van der Waals surface area (Å²) in [6.07, 6.45) is 2.37. The predicted octanol–water partition coefficient (Wildman–Crippen LogP) is 6.91. The van der Waals surface area contributed by atoms with Crippen molar-refractivity contribution in [1.29, 1.82) is 0 Å². The molecule has 164 valence electrons. The molecule has 1 aromatic heterocycles. The Kier molecular flexibility index (Phi) is 6.81. The summed E-state index contributed by atoms with van der Waals surface area (Å²) in [4.78, 5) is 16.2. The molecule has 1 heterocycles. The Labute approximate surface area is 193 Å². The monoisotopic (exact) mass is 446 g/mol. The van der Waals surface area contributed by atoms with Crippen LogP contribution in [0, 0.1) is 5.92 Å². The van der Waals surface area contributed by atoms with E-state index in [1.165, 1.54) is 0 Å². The number of hydrogen-bond donors (Lipinski definition) is 2. The number of hydrogen-bond acceptors (Lipinski definition) is 2. The fourth-order valence-electron chi connectivity index (χ4n) is 3.80. The zero-order chi connectivity index (χ0) is 22.5. The van der Waals surface area contributed by atoms with Crippen LogP contribution in [-0.2, 0) is 4.79 Å². The van der Waals surface area contributed by atoms with Gasteiger partial charge in [-0.25, -0.2) is 0 Å². The molecule has 2 N–H and O–H groups in total. The molecule has 0 saturated heterocycles. The number of para-hydroxylation sites is 1. The van der Waals surface area contributed by atoms with Crippen LogP contribution in [0.4, 0.5) is 0 Å². The fraction of sp³-hybridized carbons (Fsp3) is 0.222. The molecular weight excluding hydrogens is 420 g/mol. The van der Waals surface area contributed by atoms with Crippen LogP contribution in [-0.4, -0.2) is 17.4 Å². The van der Waals surface area contributed by atoms with Crippen molar-refractivity contribution in [2.75, 3.05) is 6.54 Å². The van der Waals surface area contributed by atoms with E-state index in [1.807, 2.05) is 48.7 Å². The molecule has 0 bridgehead atoms. The van der Waals surface area contributed by atoms with Crippen molar-refractivity contribution in [1.82, 2.24) is 10.3 Å². The Morgan fingerprint density at radius 1 is 1.00 bits per heavy atom. The Balaban J connectivity index is 1.66. The third-order valence-electron chi connectivity index (χ3n) is 5.40. The highest BCUT2D eigenvalue weighted by Gasteiger charge is 2.22. The van der Waals surface area contributed by atoms with Crippen LogP contribution in [0.15, 0.2) is 79.0 Å². The van der Waals surface area contributed by atoms with E-state index in [0.717, 1.165) is 27.8 Å². The first-order valence-electron chi connectivity index (χ1n) is 10.9. The van der Waals surface area contributed by atoms with Crippen molar-refractivity contribution in [3.05, 3.63) is 95.1 Å². The van der Waals surface area contributed by atoms with E-state index in [9.17, 15) is 4.79 Å². The Hall–Kier alpha value is -3.24. The van der Waals surface area contributed by atoms with E-state index >= 15 is 0 Å². The van der Waals surface area contributed by atoms with Crippen molar-refractivity contribution < 1.29 is 9.53 Å². The summed E-state index contributed by atoms with van der Waals surface area (Å²) in [6, 6.07) is 23.4. The lowest BCUT2D eigenvalue weighted by atomic mass is 9.88. The van der Waals surface area contributed by atoms with Gasteiger partial charge in [-0.1, -0.05) is 55.8 Å². The number of halogens is 1. The Bertz CT molecular complexity index is 1200. The average molecular weight is 447 g/mol. The van der Waals surface area contributed by atoms with E-state index in [4.69, 9.17) is 16.3 Å². The van der Waals surface area contributed by atoms with E-state index in [0.29, 0.717) is 29.7 Å². The maximum Gasteiger partial charge on any atom is 0.220 e. The quantitative estimate of drug-likeness (QED) is 0.309. The van der Waals surface area contributed by atoms with Crippen LogP contribution >= 0.6 is 11.6 Å². The van der Waals surface area contributed by atoms with Crippen LogP contribution in [0.3, 0.4) is 0 Å². The third-order valence-corrected chi connectivity index (χ3v) is 5.66. The molecule has 0 fully saturated rings. The fourth-order valence-corrected chi connectivity index (χ4v) is 3.92. The van der Waals surface area contributed by atoms with Crippen LogP contribution in [0.1, 0.15) is 37.3 Å². The lowest BCUT2D eigenvalue weighted by molar-refractivity contribution is -0.121. The number of H-pyrrole nitrogens is 1. The Morgan fingerprint density at radius 3 is 2.56 bits per heavy atom. The van der Waals surface area contributed by atoms with Crippen molar-refractivity contribution in [3.8, 4) is 11.5 Å². The first kappa shape index (κ1) is 22.0. The van der Waals surface area contributed by atoms with Crippen molar-refractivity contribution >= 4 is 28.4 Å². The number of carbonyl (C=O) groups excluding carboxylic acids is 1. The number of aromatic amines is 1. The Morgan fingerprint density at radius 2 is 1.78 bits per heavy atom. The predicted molar refractivity (Wildman–Crippen MR) is 131 cm³/mol. The standard InChI is InChI=1S/C27H27ClN2O2/c1-18(2)16-30-27(31)15-24(25-17-29-26-9-4-3-8-23(25)26)19-6-5-7-22(14-19)32-21-12-10-20(28)11-13-21/h3-14,17-18,24,29H,15-16H2,1-2H3,(H,30,31)/t24-/m0/s1.